The first-order valence-corrected chi connectivity index (χ1v) is 7.85. The van der Waals surface area contributed by atoms with Crippen molar-refractivity contribution in [1.82, 2.24) is 0 Å². The predicted octanol–water partition coefficient (Wildman–Crippen LogP) is 3.26. The minimum atomic E-state index is -0.551. The van der Waals surface area contributed by atoms with Gasteiger partial charge in [0, 0.05) is 16.6 Å². The van der Waals surface area contributed by atoms with Gasteiger partial charge in [0.05, 0.1) is 0 Å². The molecule has 0 aliphatic carbocycles. The Hall–Kier alpha value is -3.34. The summed E-state index contributed by atoms with van der Waals surface area (Å²) < 4.78 is 5.44. The highest BCUT2D eigenvalue weighted by molar-refractivity contribution is 6.14. The molecule has 0 unspecified atom stereocenters. The van der Waals surface area contributed by atoms with Crippen LogP contribution in [0.5, 0.6) is 5.75 Å². The van der Waals surface area contributed by atoms with Crippen molar-refractivity contribution >= 4 is 28.3 Å². The fourth-order valence-electron chi connectivity index (χ4n) is 2.67. The highest BCUT2D eigenvalue weighted by atomic mass is 16.5. The molecule has 0 aliphatic rings. The van der Waals surface area contributed by atoms with E-state index in [1.165, 1.54) is 0 Å². The lowest BCUT2D eigenvalue weighted by Gasteiger charge is -2.12. The van der Waals surface area contributed by atoms with Crippen LogP contribution in [-0.4, -0.2) is 18.4 Å². The first-order valence-electron chi connectivity index (χ1n) is 7.85. The van der Waals surface area contributed by atoms with Crippen molar-refractivity contribution in [3.05, 3.63) is 71.8 Å². The second kappa shape index (κ2) is 7.05. The SMILES string of the molecule is Cc1cccc(NC(=O)c2ccc(OCC(N)=O)c3ccccc23)c1. The van der Waals surface area contributed by atoms with Gasteiger partial charge >= 0.3 is 0 Å². The van der Waals surface area contributed by atoms with E-state index >= 15 is 0 Å². The van der Waals surface area contributed by atoms with Gasteiger partial charge in [0.25, 0.3) is 11.8 Å². The molecule has 25 heavy (non-hydrogen) atoms. The fraction of sp³-hybridized carbons (Fsp3) is 0.100. The maximum Gasteiger partial charge on any atom is 0.256 e. The topological polar surface area (TPSA) is 81.4 Å². The molecule has 0 atom stereocenters. The monoisotopic (exact) mass is 334 g/mol. The number of hydrogen-bond acceptors (Lipinski definition) is 3. The van der Waals surface area contributed by atoms with Gasteiger partial charge in [-0.15, -0.1) is 0 Å². The van der Waals surface area contributed by atoms with E-state index in [0.717, 1.165) is 22.0 Å². The molecule has 0 radical (unpaired) electrons. The molecule has 3 aromatic carbocycles. The third-order valence-electron chi connectivity index (χ3n) is 3.77. The largest absolute Gasteiger partial charge is 0.483 e. The van der Waals surface area contributed by atoms with Gasteiger partial charge in [-0.1, -0.05) is 36.4 Å². The maximum atomic E-state index is 12.7. The van der Waals surface area contributed by atoms with Crippen molar-refractivity contribution < 1.29 is 14.3 Å². The molecule has 0 saturated carbocycles. The number of hydrogen-bond donors (Lipinski definition) is 2. The molecule has 5 nitrogen and oxygen atoms in total. The number of aryl methyl sites for hydroxylation is 1. The third-order valence-corrected chi connectivity index (χ3v) is 3.77. The van der Waals surface area contributed by atoms with Crippen LogP contribution in [0.25, 0.3) is 10.8 Å². The Bertz CT molecular complexity index is 951. The van der Waals surface area contributed by atoms with E-state index in [0.29, 0.717) is 11.3 Å². The van der Waals surface area contributed by atoms with Crippen LogP contribution < -0.4 is 15.8 Å². The average molecular weight is 334 g/mol. The zero-order valence-electron chi connectivity index (χ0n) is 13.8. The summed E-state index contributed by atoms with van der Waals surface area (Å²) in [6.07, 6.45) is 0. The van der Waals surface area contributed by atoms with Crippen LogP contribution in [0.3, 0.4) is 0 Å². The summed E-state index contributed by atoms with van der Waals surface area (Å²) >= 11 is 0. The predicted molar refractivity (Wildman–Crippen MR) is 97.8 cm³/mol. The number of anilines is 1. The quantitative estimate of drug-likeness (QED) is 0.751. The molecule has 3 N–H and O–H groups in total. The van der Waals surface area contributed by atoms with E-state index in [9.17, 15) is 9.59 Å². The highest BCUT2D eigenvalue weighted by Gasteiger charge is 2.13. The summed E-state index contributed by atoms with van der Waals surface area (Å²) in [4.78, 5) is 23.6. The van der Waals surface area contributed by atoms with Gasteiger partial charge in [-0.3, -0.25) is 9.59 Å². The molecule has 0 spiro atoms. The summed E-state index contributed by atoms with van der Waals surface area (Å²) in [7, 11) is 0. The maximum absolute atomic E-state index is 12.7. The summed E-state index contributed by atoms with van der Waals surface area (Å²) in [5.41, 5.74) is 7.47. The van der Waals surface area contributed by atoms with Crippen molar-refractivity contribution in [2.24, 2.45) is 5.73 Å². The number of carbonyl (C=O) groups excluding carboxylic acids is 2. The minimum absolute atomic E-state index is 0.205. The molecule has 0 aliphatic heterocycles. The van der Waals surface area contributed by atoms with Gasteiger partial charge in [-0.2, -0.15) is 0 Å². The van der Waals surface area contributed by atoms with Crippen LogP contribution in [0.1, 0.15) is 15.9 Å². The first-order chi connectivity index (χ1) is 12.0. The Morgan fingerprint density at radius 3 is 2.48 bits per heavy atom. The van der Waals surface area contributed by atoms with Crippen LogP contribution in [0.4, 0.5) is 5.69 Å². The van der Waals surface area contributed by atoms with Crippen molar-refractivity contribution in [3.8, 4) is 5.75 Å². The molecule has 0 bridgehead atoms. The fourth-order valence-corrected chi connectivity index (χ4v) is 2.67. The lowest BCUT2D eigenvalue weighted by Crippen LogP contribution is -2.20. The number of primary amides is 1. The number of benzene rings is 3. The van der Waals surface area contributed by atoms with E-state index in [-0.39, 0.29) is 12.5 Å². The van der Waals surface area contributed by atoms with Crippen LogP contribution in [-0.2, 0) is 4.79 Å². The van der Waals surface area contributed by atoms with Crippen molar-refractivity contribution in [2.45, 2.75) is 6.92 Å². The Morgan fingerprint density at radius 2 is 1.76 bits per heavy atom. The molecule has 3 aromatic rings. The Kier molecular flexibility index (Phi) is 4.66. The molecule has 0 heterocycles. The third kappa shape index (κ3) is 3.77. The zero-order chi connectivity index (χ0) is 17.8. The van der Waals surface area contributed by atoms with E-state index in [1.54, 1.807) is 12.1 Å². The second-order valence-corrected chi connectivity index (χ2v) is 5.74. The van der Waals surface area contributed by atoms with Crippen molar-refractivity contribution in [1.29, 1.82) is 0 Å². The summed E-state index contributed by atoms with van der Waals surface area (Å²) in [6, 6.07) is 18.4. The number of rotatable bonds is 5. The van der Waals surface area contributed by atoms with Gasteiger partial charge in [0.2, 0.25) is 0 Å². The molecular weight excluding hydrogens is 316 g/mol. The smallest absolute Gasteiger partial charge is 0.256 e. The zero-order valence-corrected chi connectivity index (χ0v) is 13.8. The second-order valence-electron chi connectivity index (χ2n) is 5.74. The first kappa shape index (κ1) is 16.5. The summed E-state index contributed by atoms with van der Waals surface area (Å²) in [5, 5.41) is 4.40. The number of carbonyl (C=O) groups is 2. The van der Waals surface area contributed by atoms with Gasteiger partial charge in [0.1, 0.15) is 5.75 Å². The van der Waals surface area contributed by atoms with Gasteiger partial charge < -0.3 is 15.8 Å². The van der Waals surface area contributed by atoms with Gasteiger partial charge in [-0.25, -0.2) is 0 Å². The number of amides is 2. The van der Waals surface area contributed by atoms with Crippen LogP contribution >= 0.6 is 0 Å². The number of nitrogens with two attached hydrogens (primary N) is 1. The molecule has 5 heteroatoms. The number of nitrogens with one attached hydrogen (secondary N) is 1. The Morgan fingerprint density at radius 1 is 1.00 bits per heavy atom. The van der Waals surface area contributed by atoms with E-state index in [1.807, 2.05) is 55.5 Å². The lowest BCUT2D eigenvalue weighted by atomic mass is 10.0. The Balaban J connectivity index is 1.95. The lowest BCUT2D eigenvalue weighted by molar-refractivity contribution is -0.119. The van der Waals surface area contributed by atoms with Crippen molar-refractivity contribution in [3.63, 3.8) is 0 Å². The van der Waals surface area contributed by atoms with E-state index in [4.69, 9.17) is 10.5 Å². The van der Waals surface area contributed by atoms with Crippen LogP contribution in [0.2, 0.25) is 0 Å². The van der Waals surface area contributed by atoms with Gasteiger partial charge in [-0.05, 0) is 42.1 Å². The Labute approximate surface area is 145 Å². The molecule has 0 fully saturated rings. The summed E-state index contributed by atoms with van der Waals surface area (Å²) in [6.45, 7) is 1.76. The van der Waals surface area contributed by atoms with Gasteiger partial charge in [0.15, 0.2) is 6.61 Å². The normalized spacial score (nSPS) is 10.4. The average Bonchev–Trinajstić information content (AvgIpc) is 2.59. The molecular formula is C20H18N2O3. The molecule has 0 saturated heterocycles. The highest BCUT2D eigenvalue weighted by Crippen LogP contribution is 2.29. The summed E-state index contributed by atoms with van der Waals surface area (Å²) in [5.74, 6) is -0.241. The van der Waals surface area contributed by atoms with Crippen LogP contribution in [0.15, 0.2) is 60.7 Å². The molecule has 3 rings (SSSR count). The number of ether oxygens (including phenoxy) is 1. The minimum Gasteiger partial charge on any atom is -0.483 e. The molecule has 2 amide bonds. The van der Waals surface area contributed by atoms with Crippen molar-refractivity contribution in [2.75, 3.05) is 11.9 Å². The standard InChI is InChI=1S/C20H18N2O3/c1-13-5-4-6-14(11-13)22-20(24)17-9-10-18(25-12-19(21)23)16-8-3-2-7-15(16)17/h2-11H,12H2,1H3,(H2,21,23)(H,22,24). The van der Waals surface area contributed by atoms with E-state index < -0.39 is 5.91 Å². The van der Waals surface area contributed by atoms with E-state index in [2.05, 4.69) is 5.32 Å². The molecule has 0 aromatic heterocycles. The number of fused-ring (bicyclic) bond motifs is 1. The molecule has 126 valence electrons. The van der Waals surface area contributed by atoms with Crippen LogP contribution in [0, 0.1) is 6.92 Å².